The van der Waals surface area contributed by atoms with Crippen molar-refractivity contribution < 1.29 is 4.74 Å². The van der Waals surface area contributed by atoms with Crippen LogP contribution in [0, 0.1) is 0 Å². The molecule has 3 heteroatoms. The van der Waals surface area contributed by atoms with Gasteiger partial charge >= 0.3 is 0 Å². The number of benzene rings is 1. The summed E-state index contributed by atoms with van der Waals surface area (Å²) in [4.78, 5) is 7.04. The number of hydrogen-bond acceptors (Lipinski definition) is 3. The van der Waals surface area contributed by atoms with Crippen molar-refractivity contribution in [2.45, 2.75) is 25.8 Å². The summed E-state index contributed by atoms with van der Waals surface area (Å²) in [6, 6.07) is 15.1. The molecule has 0 amide bonds. The van der Waals surface area contributed by atoms with Crippen molar-refractivity contribution in [2.75, 3.05) is 20.2 Å². The molecule has 0 saturated carbocycles. The van der Waals surface area contributed by atoms with Gasteiger partial charge < -0.3 is 4.74 Å². The van der Waals surface area contributed by atoms with Crippen molar-refractivity contribution in [1.82, 2.24) is 9.88 Å². The molecule has 110 valence electrons. The molecule has 1 aromatic carbocycles. The Kier molecular flexibility index (Phi) is 4.20. The highest BCUT2D eigenvalue weighted by Gasteiger charge is 2.19. The average Bonchev–Trinajstić information content (AvgIpc) is 3.09. The topological polar surface area (TPSA) is 25.4 Å². The quantitative estimate of drug-likeness (QED) is 0.850. The van der Waals surface area contributed by atoms with Crippen LogP contribution in [0.3, 0.4) is 0 Å². The summed E-state index contributed by atoms with van der Waals surface area (Å²) in [5.74, 6) is 0.655. The Hall–Kier alpha value is -1.87. The SMILES string of the molecule is COc1cccc(-c2ccc([C@H](C)N3CCCC3)cc2)n1. The van der Waals surface area contributed by atoms with E-state index in [2.05, 4.69) is 41.1 Å². The van der Waals surface area contributed by atoms with Crippen molar-refractivity contribution in [2.24, 2.45) is 0 Å². The van der Waals surface area contributed by atoms with Gasteiger partial charge in [0, 0.05) is 17.7 Å². The zero-order valence-corrected chi connectivity index (χ0v) is 12.7. The number of methoxy groups -OCH3 is 1. The number of nitrogens with zero attached hydrogens (tertiary/aromatic N) is 2. The van der Waals surface area contributed by atoms with Crippen LogP contribution in [0.5, 0.6) is 5.88 Å². The van der Waals surface area contributed by atoms with E-state index in [1.807, 2.05) is 18.2 Å². The van der Waals surface area contributed by atoms with E-state index in [-0.39, 0.29) is 0 Å². The van der Waals surface area contributed by atoms with Gasteiger partial charge in [0.2, 0.25) is 5.88 Å². The molecule has 2 aromatic rings. The third-order valence-corrected chi connectivity index (χ3v) is 4.31. The number of pyridine rings is 1. The molecule has 1 aromatic heterocycles. The van der Waals surface area contributed by atoms with E-state index >= 15 is 0 Å². The maximum atomic E-state index is 5.19. The number of aromatic nitrogens is 1. The van der Waals surface area contributed by atoms with Crippen molar-refractivity contribution >= 4 is 0 Å². The Morgan fingerprint density at radius 3 is 2.43 bits per heavy atom. The zero-order valence-electron chi connectivity index (χ0n) is 12.7. The van der Waals surface area contributed by atoms with E-state index in [0.29, 0.717) is 11.9 Å². The van der Waals surface area contributed by atoms with E-state index in [9.17, 15) is 0 Å². The molecule has 3 rings (SSSR count). The first kappa shape index (κ1) is 14.1. The molecule has 3 nitrogen and oxygen atoms in total. The Morgan fingerprint density at radius 1 is 1.05 bits per heavy atom. The Labute approximate surface area is 126 Å². The minimum Gasteiger partial charge on any atom is -0.481 e. The molecule has 0 aliphatic carbocycles. The molecule has 2 heterocycles. The van der Waals surface area contributed by atoms with Gasteiger partial charge in [0.15, 0.2) is 0 Å². The summed E-state index contributed by atoms with van der Waals surface area (Å²) < 4.78 is 5.19. The van der Waals surface area contributed by atoms with Crippen molar-refractivity contribution in [3.05, 3.63) is 48.0 Å². The fourth-order valence-electron chi connectivity index (χ4n) is 2.96. The van der Waals surface area contributed by atoms with Crippen LogP contribution in [0.1, 0.15) is 31.4 Å². The molecule has 1 saturated heterocycles. The van der Waals surface area contributed by atoms with Gasteiger partial charge in [0.25, 0.3) is 0 Å². The van der Waals surface area contributed by atoms with Crippen LogP contribution in [0.25, 0.3) is 11.3 Å². The largest absolute Gasteiger partial charge is 0.481 e. The zero-order chi connectivity index (χ0) is 14.7. The molecule has 0 N–H and O–H groups in total. The van der Waals surface area contributed by atoms with Gasteiger partial charge in [-0.1, -0.05) is 30.3 Å². The maximum Gasteiger partial charge on any atom is 0.213 e. The molecular weight excluding hydrogens is 260 g/mol. The summed E-state index contributed by atoms with van der Waals surface area (Å²) in [5, 5.41) is 0. The maximum absolute atomic E-state index is 5.19. The Balaban J connectivity index is 1.79. The second kappa shape index (κ2) is 6.27. The summed E-state index contributed by atoms with van der Waals surface area (Å²) in [6.07, 6.45) is 2.66. The van der Waals surface area contributed by atoms with E-state index in [1.165, 1.54) is 31.5 Å². The van der Waals surface area contributed by atoms with Gasteiger partial charge in [-0.05, 0) is 44.5 Å². The summed E-state index contributed by atoms with van der Waals surface area (Å²) in [7, 11) is 1.65. The summed E-state index contributed by atoms with van der Waals surface area (Å²) in [6.45, 7) is 4.74. The van der Waals surface area contributed by atoms with E-state index < -0.39 is 0 Å². The van der Waals surface area contributed by atoms with Crippen LogP contribution in [0.15, 0.2) is 42.5 Å². The molecule has 0 unspecified atom stereocenters. The third-order valence-electron chi connectivity index (χ3n) is 4.31. The van der Waals surface area contributed by atoms with Crippen molar-refractivity contribution in [3.8, 4) is 17.1 Å². The van der Waals surface area contributed by atoms with Crippen LogP contribution in [-0.2, 0) is 0 Å². The van der Waals surface area contributed by atoms with Crippen LogP contribution >= 0.6 is 0 Å². The second-order valence-electron chi connectivity index (χ2n) is 5.61. The van der Waals surface area contributed by atoms with Gasteiger partial charge in [-0.25, -0.2) is 4.98 Å². The lowest BCUT2D eigenvalue weighted by Gasteiger charge is -2.24. The molecule has 0 spiro atoms. The van der Waals surface area contributed by atoms with Gasteiger partial charge in [0.05, 0.1) is 12.8 Å². The van der Waals surface area contributed by atoms with Crippen LogP contribution in [0.2, 0.25) is 0 Å². The third kappa shape index (κ3) is 3.08. The number of likely N-dealkylation sites (tertiary alicyclic amines) is 1. The average molecular weight is 282 g/mol. The summed E-state index contributed by atoms with van der Waals surface area (Å²) >= 11 is 0. The first-order chi connectivity index (χ1) is 10.3. The second-order valence-corrected chi connectivity index (χ2v) is 5.61. The standard InChI is InChI=1S/C18H22N2O/c1-14(20-12-3-4-13-20)15-8-10-16(11-9-15)17-6-5-7-18(19-17)21-2/h5-11,14H,3-4,12-13H2,1-2H3/t14-/m0/s1. The number of hydrogen-bond donors (Lipinski definition) is 0. The number of ether oxygens (including phenoxy) is 1. The first-order valence-corrected chi connectivity index (χ1v) is 7.63. The highest BCUT2D eigenvalue weighted by Crippen LogP contribution is 2.27. The number of rotatable bonds is 4. The predicted octanol–water partition coefficient (Wildman–Crippen LogP) is 3.91. The minimum atomic E-state index is 0.500. The lowest BCUT2D eigenvalue weighted by Crippen LogP contribution is -2.23. The van der Waals surface area contributed by atoms with Crippen molar-refractivity contribution in [3.63, 3.8) is 0 Å². The minimum absolute atomic E-state index is 0.500. The van der Waals surface area contributed by atoms with Gasteiger partial charge in [-0.3, -0.25) is 4.90 Å². The predicted molar refractivity (Wildman–Crippen MR) is 85.4 cm³/mol. The monoisotopic (exact) mass is 282 g/mol. The molecule has 1 aliphatic heterocycles. The molecule has 1 aliphatic rings. The van der Waals surface area contributed by atoms with Crippen LogP contribution < -0.4 is 4.74 Å². The van der Waals surface area contributed by atoms with Gasteiger partial charge in [-0.15, -0.1) is 0 Å². The molecule has 0 bridgehead atoms. The highest BCUT2D eigenvalue weighted by atomic mass is 16.5. The molecule has 0 radical (unpaired) electrons. The molecule has 1 fully saturated rings. The van der Waals surface area contributed by atoms with Crippen LogP contribution in [-0.4, -0.2) is 30.1 Å². The lowest BCUT2D eigenvalue weighted by atomic mass is 10.0. The Morgan fingerprint density at radius 2 is 1.76 bits per heavy atom. The van der Waals surface area contributed by atoms with E-state index in [1.54, 1.807) is 7.11 Å². The molecular formula is C18H22N2O. The first-order valence-electron chi connectivity index (χ1n) is 7.63. The van der Waals surface area contributed by atoms with Gasteiger partial charge in [-0.2, -0.15) is 0 Å². The van der Waals surface area contributed by atoms with Crippen molar-refractivity contribution in [1.29, 1.82) is 0 Å². The Bertz CT molecular complexity index is 588. The summed E-state index contributed by atoms with van der Waals surface area (Å²) in [5.41, 5.74) is 3.46. The fraction of sp³-hybridized carbons (Fsp3) is 0.389. The fourth-order valence-corrected chi connectivity index (χ4v) is 2.96. The van der Waals surface area contributed by atoms with E-state index in [0.717, 1.165) is 11.3 Å². The molecule has 1 atom stereocenters. The smallest absolute Gasteiger partial charge is 0.213 e. The normalized spacial score (nSPS) is 16.9. The molecule has 21 heavy (non-hydrogen) atoms. The highest BCUT2D eigenvalue weighted by molar-refractivity contribution is 5.60. The van der Waals surface area contributed by atoms with Crippen LogP contribution in [0.4, 0.5) is 0 Å². The van der Waals surface area contributed by atoms with E-state index in [4.69, 9.17) is 4.74 Å². The lowest BCUT2D eigenvalue weighted by molar-refractivity contribution is 0.263. The van der Waals surface area contributed by atoms with Gasteiger partial charge in [0.1, 0.15) is 0 Å².